The van der Waals surface area contributed by atoms with Gasteiger partial charge >= 0.3 is 0 Å². The Balaban J connectivity index is 0.900. The van der Waals surface area contributed by atoms with E-state index in [2.05, 4.69) is 270 Å². The maximum Gasteiger partial charge on any atom is 0.260 e. The van der Waals surface area contributed by atoms with Crippen LogP contribution >= 0.6 is 0 Å². The first kappa shape index (κ1) is 51.3. The maximum atomic E-state index is 7.39. The first-order valence-electron chi connectivity index (χ1n) is 32.0. The molecule has 0 saturated carbocycles. The van der Waals surface area contributed by atoms with Crippen LogP contribution in [0.2, 0.25) is 0 Å². The predicted molar refractivity (Wildman–Crippen MR) is 372 cm³/mol. The van der Waals surface area contributed by atoms with Crippen LogP contribution in [0.4, 0.5) is 51.2 Å². The number of nitrogens with zero attached hydrogens (tertiary/aromatic N) is 3. The second-order valence-corrected chi connectivity index (χ2v) is 27.0. The van der Waals surface area contributed by atoms with E-state index in [0.29, 0.717) is 11.8 Å². The van der Waals surface area contributed by atoms with Crippen molar-refractivity contribution >= 4 is 144 Å². The molecule has 0 atom stereocenters. The van der Waals surface area contributed by atoms with Crippen molar-refractivity contribution in [1.82, 2.24) is 0 Å². The van der Waals surface area contributed by atoms with E-state index in [9.17, 15) is 0 Å². The lowest BCUT2D eigenvalue weighted by Crippen LogP contribution is -2.69. The van der Waals surface area contributed by atoms with E-state index in [1.54, 1.807) is 0 Å². The van der Waals surface area contributed by atoms with E-state index in [4.69, 9.17) is 18.9 Å². The number of benzene rings is 11. The number of rotatable bonds is 6. The van der Waals surface area contributed by atoms with Gasteiger partial charge in [-0.3, -0.25) is 0 Å². The van der Waals surface area contributed by atoms with Gasteiger partial charge in [-0.2, -0.15) is 0 Å². The van der Waals surface area contributed by atoms with Crippen molar-refractivity contribution in [2.45, 2.75) is 79.1 Å². The van der Waals surface area contributed by atoms with Crippen molar-refractivity contribution < 1.29 is 18.9 Å². The predicted octanol–water partition coefficient (Wildman–Crippen LogP) is 12.3. The largest absolute Gasteiger partial charge is 0.458 e. The summed E-state index contributed by atoms with van der Waals surface area (Å²) >= 11 is 0. The lowest BCUT2D eigenvalue weighted by Gasteiger charge is -2.51. The van der Waals surface area contributed by atoms with Crippen molar-refractivity contribution in [1.29, 1.82) is 0 Å². The standard InChI is InChI=1S/C78H61B4N3O4/c1-42(2)46-27-29-54-66(31-46)86-70-33-48(44(5)6)35-72-76(70)81(54)58-37-56-62(40-68(58)88-72)83(50-19-11-9-12-20-50)64-39-65-75-78-74(64)79(56)52-23-15-17-25-60(52)85(78)61-26-18-16-24-53(61)80(75)57-38-59-69(41-63(57)84(65)51-21-13-10-14-22-51)89-73-36-49(45(7)8)34-71-77(73)82(59)55-30-28-47(43(3)4)32-67(55)87-71/h9-45H,1-8H3. The van der Waals surface area contributed by atoms with Gasteiger partial charge in [0.05, 0.1) is 0 Å². The monoisotopic (exact) mass is 1150 g/mol. The average molecular weight is 1150 g/mol. The molecular weight excluding hydrogens is 1090 g/mol. The molecule has 8 aliphatic heterocycles. The Kier molecular flexibility index (Phi) is 10.6. The molecule has 89 heavy (non-hydrogen) atoms. The molecule has 0 fully saturated rings. The molecule has 11 heteroatoms. The fourth-order valence-electron chi connectivity index (χ4n) is 16.4. The molecule has 0 unspecified atom stereocenters. The first-order chi connectivity index (χ1) is 43.4. The summed E-state index contributed by atoms with van der Waals surface area (Å²) in [6.07, 6.45) is 0. The Morgan fingerprint density at radius 2 is 0.596 bits per heavy atom. The number of anilines is 9. The number of hydrogen-bond donors (Lipinski definition) is 0. The molecule has 0 aliphatic carbocycles. The van der Waals surface area contributed by atoms with Crippen molar-refractivity contribution in [3.63, 3.8) is 0 Å². The highest BCUT2D eigenvalue weighted by atomic mass is 16.5. The molecule has 8 heterocycles. The third-order valence-corrected chi connectivity index (χ3v) is 20.7. The van der Waals surface area contributed by atoms with Crippen molar-refractivity contribution in [2.24, 2.45) is 0 Å². The summed E-state index contributed by atoms with van der Waals surface area (Å²) in [5, 5.41) is 0. The number of ether oxygens (including phenoxy) is 4. The molecule has 0 N–H and O–H groups in total. The second kappa shape index (κ2) is 18.4. The summed E-state index contributed by atoms with van der Waals surface area (Å²) in [4.78, 5) is 7.72. The van der Waals surface area contributed by atoms with Gasteiger partial charge in [0.15, 0.2) is 0 Å². The Morgan fingerprint density at radius 3 is 0.989 bits per heavy atom. The highest BCUT2D eigenvalue weighted by Crippen LogP contribution is 2.52. The quantitative estimate of drug-likeness (QED) is 0.154. The number of para-hydroxylation sites is 4. The Bertz CT molecular complexity index is 4650. The minimum atomic E-state index is -0.153. The lowest BCUT2D eigenvalue weighted by atomic mass is 9.27. The third kappa shape index (κ3) is 7.04. The van der Waals surface area contributed by atoms with Gasteiger partial charge in [-0.15, -0.1) is 0 Å². The lowest BCUT2D eigenvalue weighted by molar-refractivity contribution is 0.461. The third-order valence-electron chi connectivity index (χ3n) is 20.7. The Morgan fingerprint density at radius 1 is 0.247 bits per heavy atom. The molecule has 11 aromatic carbocycles. The van der Waals surface area contributed by atoms with E-state index in [1.165, 1.54) is 72.1 Å². The van der Waals surface area contributed by atoms with Crippen LogP contribution in [0.5, 0.6) is 46.0 Å². The van der Waals surface area contributed by atoms with Crippen molar-refractivity contribution in [2.75, 3.05) is 14.7 Å². The zero-order valence-corrected chi connectivity index (χ0v) is 51.1. The number of hydrogen-bond acceptors (Lipinski definition) is 7. The van der Waals surface area contributed by atoms with Crippen LogP contribution in [0.1, 0.15) is 101 Å². The molecule has 0 spiro atoms. The van der Waals surface area contributed by atoms with Gasteiger partial charge in [0, 0.05) is 74.2 Å². The molecule has 7 nitrogen and oxygen atoms in total. The fourth-order valence-corrected chi connectivity index (χ4v) is 16.4. The Labute approximate surface area is 521 Å². The summed E-state index contributed by atoms with van der Waals surface area (Å²) in [6.45, 7) is 17.5. The van der Waals surface area contributed by atoms with E-state index in [-0.39, 0.29) is 38.7 Å². The number of fused-ring (bicyclic) bond motifs is 18. The molecule has 0 bridgehead atoms. The van der Waals surface area contributed by atoms with Gasteiger partial charge in [-0.05, 0) is 179 Å². The molecule has 11 aromatic rings. The van der Waals surface area contributed by atoms with Crippen LogP contribution in [-0.4, -0.2) is 26.9 Å². The topological polar surface area (TPSA) is 46.6 Å². The molecular formula is C78H61B4N3O4. The van der Waals surface area contributed by atoms with Crippen molar-refractivity contribution in [3.05, 3.63) is 222 Å². The molecule has 8 aliphatic rings. The highest BCUT2D eigenvalue weighted by Gasteiger charge is 2.54. The fraction of sp³-hybridized carbons (Fsp3) is 0.154. The van der Waals surface area contributed by atoms with Gasteiger partial charge in [-0.1, -0.05) is 165 Å². The van der Waals surface area contributed by atoms with Crippen LogP contribution in [-0.2, 0) is 0 Å². The van der Waals surface area contributed by atoms with Gasteiger partial charge in [0.1, 0.15) is 46.0 Å². The summed E-state index contributed by atoms with van der Waals surface area (Å²) in [5.41, 5.74) is 29.6. The Hall–Kier alpha value is -9.72. The zero-order valence-electron chi connectivity index (χ0n) is 51.1. The molecule has 0 aromatic heterocycles. The van der Waals surface area contributed by atoms with Gasteiger partial charge < -0.3 is 33.6 Å². The van der Waals surface area contributed by atoms with Gasteiger partial charge in [0.2, 0.25) is 0 Å². The summed E-state index contributed by atoms with van der Waals surface area (Å²) in [6, 6.07) is 75.7. The smallest absolute Gasteiger partial charge is 0.260 e. The highest BCUT2D eigenvalue weighted by molar-refractivity contribution is 7.06. The molecule has 0 saturated heterocycles. The summed E-state index contributed by atoms with van der Waals surface area (Å²) < 4.78 is 28.9. The molecule has 0 amide bonds. The normalized spacial score (nSPS) is 14.7. The van der Waals surface area contributed by atoms with Crippen LogP contribution in [0.3, 0.4) is 0 Å². The maximum absolute atomic E-state index is 7.39. The van der Waals surface area contributed by atoms with E-state index in [1.807, 2.05) is 0 Å². The van der Waals surface area contributed by atoms with Crippen LogP contribution < -0.4 is 99.2 Å². The van der Waals surface area contributed by atoms with E-state index in [0.717, 1.165) is 113 Å². The molecule has 424 valence electrons. The van der Waals surface area contributed by atoms with E-state index < -0.39 is 0 Å². The SMILES string of the molecule is CC(C)c1ccc2c(c1)Oc1cc(C(C)C)cc3c1B2c1cc2c(cc1O3)N(c1ccccc1)c1cc3c4c5c1B2c1ccccc1N5c1ccccc1B4c1cc2c(cc1N3c1ccccc1)Oc1cc(C(C)C)cc3c1B2c1ccc(C(C)C)cc1O3. The summed E-state index contributed by atoms with van der Waals surface area (Å²) in [7, 11) is 0. The average Bonchev–Trinajstić information content (AvgIpc) is 0.682. The first-order valence-corrected chi connectivity index (χ1v) is 32.0. The minimum absolute atomic E-state index is 0.119. The zero-order chi connectivity index (χ0) is 59.6. The minimum Gasteiger partial charge on any atom is -0.458 e. The summed E-state index contributed by atoms with van der Waals surface area (Å²) in [5.74, 6) is 8.29. The van der Waals surface area contributed by atoms with Crippen molar-refractivity contribution in [3.8, 4) is 46.0 Å². The van der Waals surface area contributed by atoms with Crippen LogP contribution in [0, 0.1) is 0 Å². The van der Waals surface area contributed by atoms with Gasteiger partial charge in [0.25, 0.3) is 26.9 Å². The molecule has 0 radical (unpaired) electrons. The second-order valence-electron chi connectivity index (χ2n) is 27.0. The van der Waals surface area contributed by atoms with Crippen LogP contribution in [0.15, 0.2) is 200 Å². The van der Waals surface area contributed by atoms with Gasteiger partial charge in [-0.25, -0.2) is 0 Å². The van der Waals surface area contributed by atoms with Crippen LogP contribution in [0.25, 0.3) is 0 Å². The van der Waals surface area contributed by atoms with E-state index >= 15 is 0 Å². The molecule has 19 rings (SSSR count).